The van der Waals surface area contributed by atoms with Gasteiger partial charge < -0.3 is 18.5 Å². The molecule has 2 aliphatic rings. The maximum absolute atomic E-state index is 12.4. The Kier molecular flexibility index (Phi) is 11.6. The fourth-order valence-electron chi connectivity index (χ4n) is 4.48. The summed E-state index contributed by atoms with van der Waals surface area (Å²) >= 11 is 0. The molecular formula is C21H40BO5PY. The van der Waals surface area contributed by atoms with Crippen molar-refractivity contribution in [1.82, 2.24) is 0 Å². The minimum Gasteiger partial charge on any atom is -0.381 e. The number of rotatable bonds is 8. The number of hydrogen-bond acceptors (Lipinski definition) is 5. The van der Waals surface area contributed by atoms with Crippen molar-refractivity contribution in [3.63, 3.8) is 0 Å². The van der Waals surface area contributed by atoms with Gasteiger partial charge >= 0.3 is 8.25 Å². The summed E-state index contributed by atoms with van der Waals surface area (Å²) in [6.45, 7) is 17.7. The third-order valence-corrected chi connectivity index (χ3v) is 7.22. The van der Waals surface area contributed by atoms with Crippen LogP contribution in [0.4, 0.5) is 0 Å². The molecule has 9 atom stereocenters. The quantitative estimate of drug-likeness (QED) is 0.351. The van der Waals surface area contributed by atoms with Gasteiger partial charge in [-0.15, -0.1) is 0 Å². The van der Waals surface area contributed by atoms with Crippen LogP contribution in [-0.2, 0) is 55.8 Å². The number of ether oxygens (including phenoxy) is 2. The summed E-state index contributed by atoms with van der Waals surface area (Å²) in [5.41, 5.74) is 0.255. The van der Waals surface area contributed by atoms with Crippen LogP contribution in [0.25, 0.3) is 0 Å². The van der Waals surface area contributed by atoms with Gasteiger partial charge in [-0.25, -0.2) is 0 Å². The molecule has 2 rings (SSSR count). The summed E-state index contributed by atoms with van der Waals surface area (Å²) in [5, 5.41) is 0. The van der Waals surface area contributed by atoms with Crippen LogP contribution in [0.2, 0.25) is 0 Å². The van der Waals surface area contributed by atoms with Gasteiger partial charge in [0.15, 0.2) is 0 Å². The van der Waals surface area contributed by atoms with Crippen molar-refractivity contribution in [1.29, 1.82) is 0 Å². The van der Waals surface area contributed by atoms with Crippen molar-refractivity contribution in [2.24, 2.45) is 29.1 Å². The first-order chi connectivity index (χ1) is 12.9. The van der Waals surface area contributed by atoms with Crippen molar-refractivity contribution in [3.05, 3.63) is 0 Å². The van der Waals surface area contributed by atoms with Crippen molar-refractivity contribution >= 4 is 16.1 Å². The molecule has 29 heavy (non-hydrogen) atoms. The van der Waals surface area contributed by atoms with Crippen molar-refractivity contribution in [2.75, 3.05) is 6.61 Å². The van der Waals surface area contributed by atoms with Gasteiger partial charge in [0.05, 0.1) is 31.0 Å². The van der Waals surface area contributed by atoms with E-state index >= 15 is 0 Å². The van der Waals surface area contributed by atoms with Gasteiger partial charge in [0, 0.05) is 44.6 Å². The zero-order valence-electron chi connectivity index (χ0n) is 19.5. The van der Waals surface area contributed by atoms with Gasteiger partial charge in [0.25, 0.3) is 0 Å². The van der Waals surface area contributed by atoms with Crippen LogP contribution in [0.15, 0.2) is 0 Å². The summed E-state index contributed by atoms with van der Waals surface area (Å²) in [6.07, 6.45) is 1.79. The molecule has 2 saturated heterocycles. The molecule has 0 N–H and O–H groups in total. The maximum atomic E-state index is 12.4. The summed E-state index contributed by atoms with van der Waals surface area (Å²) < 4.78 is 35.7. The molecule has 2 fully saturated rings. The molecule has 2 aliphatic heterocycles. The summed E-state index contributed by atoms with van der Waals surface area (Å²) in [7, 11) is 3.39. The fourth-order valence-corrected chi connectivity index (χ4v) is 5.40. The molecule has 0 saturated carbocycles. The van der Waals surface area contributed by atoms with Gasteiger partial charge in [-0.05, 0) is 42.9 Å². The Morgan fingerprint density at radius 3 is 2.28 bits per heavy atom. The van der Waals surface area contributed by atoms with Gasteiger partial charge in [-0.2, -0.15) is 0 Å². The van der Waals surface area contributed by atoms with E-state index in [1.165, 1.54) is 0 Å². The Bertz CT molecular complexity index is 530. The molecule has 0 aliphatic carbocycles. The first-order valence-electron chi connectivity index (χ1n) is 10.8. The van der Waals surface area contributed by atoms with Crippen LogP contribution in [0.1, 0.15) is 68.2 Å². The molecule has 165 valence electrons. The molecule has 2 heterocycles. The second kappa shape index (κ2) is 11.9. The van der Waals surface area contributed by atoms with E-state index in [0.717, 1.165) is 12.8 Å². The van der Waals surface area contributed by atoms with E-state index in [2.05, 4.69) is 48.5 Å². The standard InChI is InChI=1S/C21H40BO5P.Y/c1-12(2)18-19(14(4)20(22)26-18)27-28(23)24-10-9-17-16(11-21(6,7)8)13(3)15(5)25-17;/h12-20,28H,9-11H2,1-8H3;/t13?,14?,15-,16+,17+,18+,19+,20+;/m0./s1. The zero-order valence-corrected chi connectivity index (χ0v) is 23.4. The number of hydrogen-bond donors (Lipinski definition) is 0. The SMILES string of the molecule is [B][C@@H]1O[C@H](C(C)C)[C@H](O[PH](=O)OCC[C@H]2O[C@@H](C)C(C)[C@H]2CC(C)(C)C)C1C.[Y]. The molecular weight excluding hydrogens is 463 g/mol. The Morgan fingerprint density at radius 2 is 1.72 bits per heavy atom. The molecule has 0 bridgehead atoms. The Morgan fingerprint density at radius 1 is 1.10 bits per heavy atom. The van der Waals surface area contributed by atoms with Crippen LogP contribution >= 0.6 is 8.25 Å². The Labute approximate surface area is 205 Å². The van der Waals surface area contributed by atoms with E-state index in [1.807, 2.05) is 6.92 Å². The van der Waals surface area contributed by atoms with E-state index in [0.29, 0.717) is 18.4 Å². The molecule has 3 unspecified atom stereocenters. The third kappa shape index (κ3) is 7.95. The Balaban J connectivity index is 0.00000420. The van der Waals surface area contributed by atoms with E-state index < -0.39 is 8.25 Å². The van der Waals surface area contributed by atoms with Crippen LogP contribution < -0.4 is 0 Å². The largest absolute Gasteiger partial charge is 0.381 e. The minimum atomic E-state index is -2.60. The zero-order chi connectivity index (χ0) is 21.2. The third-order valence-electron chi connectivity index (χ3n) is 6.32. The van der Waals surface area contributed by atoms with Crippen LogP contribution in [0.5, 0.6) is 0 Å². The maximum Gasteiger partial charge on any atom is 0.319 e. The van der Waals surface area contributed by atoms with Crippen molar-refractivity contribution in [3.8, 4) is 0 Å². The van der Waals surface area contributed by atoms with Crippen LogP contribution in [0.3, 0.4) is 0 Å². The summed E-state index contributed by atoms with van der Waals surface area (Å²) in [6, 6.07) is -0.389. The monoisotopic (exact) mass is 503 g/mol. The molecule has 0 spiro atoms. The molecule has 3 radical (unpaired) electrons. The second-order valence-corrected chi connectivity index (χ2v) is 11.3. The van der Waals surface area contributed by atoms with Crippen LogP contribution in [0, 0.1) is 29.1 Å². The average Bonchev–Trinajstić information content (AvgIpc) is 2.99. The molecule has 0 amide bonds. The van der Waals surface area contributed by atoms with Gasteiger partial charge in [0.1, 0.15) is 7.85 Å². The first kappa shape index (κ1) is 28.3. The minimum absolute atomic E-state index is 0. The Hall–Kier alpha value is 1.24. The predicted octanol–water partition coefficient (Wildman–Crippen LogP) is 4.83. The van der Waals surface area contributed by atoms with Gasteiger partial charge in [-0.1, -0.05) is 48.5 Å². The summed E-state index contributed by atoms with van der Waals surface area (Å²) in [4.78, 5) is 0. The van der Waals surface area contributed by atoms with Crippen LogP contribution in [-0.4, -0.2) is 44.9 Å². The van der Waals surface area contributed by atoms with E-state index in [1.54, 1.807) is 0 Å². The van der Waals surface area contributed by atoms with Crippen molar-refractivity contribution < 1.29 is 55.8 Å². The van der Waals surface area contributed by atoms with Gasteiger partial charge in [0.2, 0.25) is 0 Å². The van der Waals surface area contributed by atoms with E-state index in [4.69, 9.17) is 26.4 Å². The topological polar surface area (TPSA) is 54.0 Å². The van der Waals surface area contributed by atoms with Crippen molar-refractivity contribution in [2.45, 2.75) is 98.7 Å². The smallest absolute Gasteiger partial charge is 0.319 e. The molecule has 5 nitrogen and oxygen atoms in total. The molecule has 0 aromatic heterocycles. The summed E-state index contributed by atoms with van der Waals surface area (Å²) in [5.74, 6) is 1.24. The second-order valence-electron chi connectivity index (χ2n) is 10.3. The van der Waals surface area contributed by atoms with Gasteiger partial charge in [-0.3, -0.25) is 4.57 Å². The molecule has 8 heteroatoms. The average molecular weight is 503 g/mol. The van der Waals surface area contributed by atoms with E-state index in [-0.39, 0.29) is 80.4 Å². The first-order valence-corrected chi connectivity index (χ1v) is 12.0. The normalized spacial score (nSPS) is 38.9. The molecule has 0 aromatic rings. The van der Waals surface area contributed by atoms with E-state index in [9.17, 15) is 4.57 Å². The molecule has 0 aromatic carbocycles. The fraction of sp³-hybridized carbons (Fsp3) is 1.00. The predicted molar refractivity (Wildman–Crippen MR) is 114 cm³/mol.